The summed E-state index contributed by atoms with van der Waals surface area (Å²) >= 11 is 1.24. The number of aromatic nitrogens is 1. The third kappa shape index (κ3) is 2.58. The minimum atomic E-state index is -0.902. The summed E-state index contributed by atoms with van der Waals surface area (Å²) in [5.74, 6) is -0.902. The normalized spacial score (nSPS) is 25.0. The van der Waals surface area contributed by atoms with Crippen LogP contribution in [0.25, 0.3) is 0 Å². The SMILES string of the molecule is Cc1nc(N2CC(C)OC(C)C2)sc1C(=O)O. The number of aromatic carboxylic acids is 1. The summed E-state index contributed by atoms with van der Waals surface area (Å²) in [6, 6.07) is 0. The van der Waals surface area contributed by atoms with Gasteiger partial charge in [-0.15, -0.1) is 0 Å². The molecule has 1 fully saturated rings. The standard InChI is InChI=1S/C11H16N2O3S/c1-6-4-13(5-7(2)16-6)11-12-8(3)9(17-11)10(14)15/h6-7H,4-5H2,1-3H3,(H,14,15). The summed E-state index contributed by atoms with van der Waals surface area (Å²) in [4.78, 5) is 17.7. The van der Waals surface area contributed by atoms with Gasteiger partial charge in [0, 0.05) is 13.1 Å². The molecule has 1 saturated heterocycles. The first-order valence-electron chi connectivity index (χ1n) is 5.58. The van der Waals surface area contributed by atoms with Gasteiger partial charge < -0.3 is 14.7 Å². The average Bonchev–Trinajstić information content (AvgIpc) is 2.59. The van der Waals surface area contributed by atoms with Gasteiger partial charge in [-0.05, 0) is 20.8 Å². The van der Waals surface area contributed by atoms with Crippen LogP contribution in [-0.2, 0) is 4.74 Å². The molecule has 0 saturated carbocycles. The zero-order chi connectivity index (χ0) is 12.6. The largest absolute Gasteiger partial charge is 0.477 e. The highest BCUT2D eigenvalue weighted by molar-refractivity contribution is 7.17. The lowest BCUT2D eigenvalue weighted by Crippen LogP contribution is -2.45. The molecule has 0 aliphatic carbocycles. The van der Waals surface area contributed by atoms with Gasteiger partial charge in [0.15, 0.2) is 5.13 Å². The van der Waals surface area contributed by atoms with Gasteiger partial charge in [0.1, 0.15) is 4.88 Å². The molecule has 2 heterocycles. The Bertz CT molecular complexity index is 422. The lowest BCUT2D eigenvalue weighted by Gasteiger charge is -2.35. The highest BCUT2D eigenvalue weighted by atomic mass is 32.1. The molecule has 94 valence electrons. The molecule has 1 N–H and O–H groups in total. The molecule has 0 spiro atoms. The van der Waals surface area contributed by atoms with Crippen molar-refractivity contribution in [2.24, 2.45) is 0 Å². The van der Waals surface area contributed by atoms with Crippen molar-refractivity contribution in [1.82, 2.24) is 4.98 Å². The Morgan fingerprint density at radius 1 is 1.47 bits per heavy atom. The molecule has 1 aromatic heterocycles. The molecule has 17 heavy (non-hydrogen) atoms. The molecule has 1 aliphatic heterocycles. The van der Waals surface area contributed by atoms with Crippen molar-refractivity contribution in [1.29, 1.82) is 0 Å². The van der Waals surface area contributed by atoms with E-state index in [1.165, 1.54) is 11.3 Å². The van der Waals surface area contributed by atoms with E-state index in [9.17, 15) is 4.79 Å². The van der Waals surface area contributed by atoms with E-state index < -0.39 is 5.97 Å². The highest BCUT2D eigenvalue weighted by Crippen LogP contribution is 2.28. The van der Waals surface area contributed by atoms with Crippen LogP contribution < -0.4 is 4.90 Å². The zero-order valence-electron chi connectivity index (χ0n) is 10.1. The van der Waals surface area contributed by atoms with Crippen LogP contribution in [0.5, 0.6) is 0 Å². The maximum atomic E-state index is 11.0. The first kappa shape index (κ1) is 12.3. The molecule has 5 nitrogen and oxygen atoms in total. The molecule has 0 bridgehead atoms. The van der Waals surface area contributed by atoms with Gasteiger partial charge in [-0.3, -0.25) is 0 Å². The van der Waals surface area contributed by atoms with Crippen LogP contribution in [0.2, 0.25) is 0 Å². The Morgan fingerprint density at radius 2 is 2.06 bits per heavy atom. The van der Waals surface area contributed by atoms with Gasteiger partial charge >= 0.3 is 5.97 Å². The minimum Gasteiger partial charge on any atom is -0.477 e. The van der Waals surface area contributed by atoms with Crippen molar-refractivity contribution in [3.63, 3.8) is 0 Å². The molecule has 0 radical (unpaired) electrons. The Kier molecular flexibility index (Phi) is 3.35. The van der Waals surface area contributed by atoms with E-state index in [4.69, 9.17) is 9.84 Å². The third-order valence-corrected chi connectivity index (χ3v) is 3.88. The molecule has 6 heteroatoms. The lowest BCUT2D eigenvalue weighted by atomic mass is 10.2. The van der Waals surface area contributed by atoms with E-state index in [2.05, 4.69) is 9.88 Å². The maximum Gasteiger partial charge on any atom is 0.347 e. The van der Waals surface area contributed by atoms with Crippen LogP contribution in [0.15, 0.2) is 0 Å². The minimum absolute atomic E-state index is 0.149. The fraction of sp³-hybridized carbons (Fsp3) is 0.636. The number of ether oxygens (including phenoxy) is 1. The topological polar surface area (TPSA) is 62.7 Å². The van der Waals surface area contributed by atoms with Gasteiger partial charge in [0.2, 0.25) is 0 Å². The Labute approximate surface area is 104 Å². The molecule has 0 amide bonds. The summed E-state index contributed by atoms with van der Waals surface area (Å²) in [6.45, 7) is 7.28. The number of nitrogens with zero attached hydrogens (tertiary/aromatic N) is 2. The second-order valence-electron chi connectivity index (χ2n) is 4.38. The Morgan fingerprint density at radius 3 is 2.53 bits per heavy atom. The van der Waals surface area contributed by atoms with Crippen molar-refractivity contribution in [3.05, 3.63) is 10.6 Å². The van der Waals surface area contributed by atoms with Crippen molar-refractivity contribution in [2.45, 2.75) is 33.0 Å². The van der Waals surface area contributed by atoms with E-state index in [1.54, 1.807) is 6.92 Å². The van der Waals surface area contributed by atoms with E-state index in [0.717, 1.165) is 18.2 Å². The maximum absolute atomic E-state index is 11.0. The summed E-state index contributed by atoms with van der Waals surface area (Å²) in [7, 11) is 0. The van der Waals surface area contributed by atoms with Gasteiger partial charge in [-0.1, -0.05) is 11.3 Å². The number of carboxylic acid groups (broad SMARTS) is 1. The van der Waals surface area contributed by atoms with E-state index >= 15 is 0 Å². The predicted octanol–water partition coefficient (Wildman–Crippen LogP) is 1.76. The molecule has 1 aromatic rings. The fourth-order valence-corrected chi connectivity index (χ4v) is 2.97. The molecular weight excluding hydrogens is 240 g/mol. The van der Waals surface area contributed by atoms with Gasteiger partial charge in [-0.25, -0.2) is 9.78 Å². The third-order valence-electron chi connectivity index (χ3n) is 2.67. The highest BCUT2D eigenvalue weighted by Gasteiger charge is 2.26. The molecule has 0 aromatic carbocycles. The van der Waals surface area contributed by atoms with Crippen molar-refractivity contribution >= 4 is 22.4 Å². The molecule has 1 aliphatic rings. The first-order chi connectivity index (χ1) is 7.97. The number of rotatable bonds is 2. The van der Waals surface area contributed by atoms with Crippen molar-refractivity contribution < 1.29 is 14.6 Å². The number of hydrogen-bond acceptors (Lipinski definition) is 5. The van der Waals surface area contributed by atoms with Crippen LogP contribution in [0.4, 0.5) is 5.13 Å². The predicted molar refractivity (Wildman–Crippen MR) is 66.0 cm³/mol. The molecule has 2 rings (SSSR count). The Hall–Kier alpha value is -1.14. The van der Waals surface area contributed by atoms with Crippen molar-refractivity contribution in [2.75, 3.05) is 18.0 Å². The van der Waals surface area contributed by atoms with Crippen LogP contribution in [0.1, 0.15) is 29.2 Å². The first-order valence-corrected chi connectivity index (χ1v) is 6.40. The Balaban J connectivity index is 2.22. The number of aryl methyl sites for hydroxylation is 1. The van der Waals surface area contributed by atoms with Crippen LogP contribution >= 0.6 is 11.3 Å². The summed E-state index contributed by atoms with van der Waals surface area (Å²) in [5.41, 5.74) is 0.587. The number of carbonyl (C=O) groups is 1. The van der Waals surface area contributed by atoms with Gasteiger partial charge in [-0.2, -0.15) is 0 Å². The van der Waals surface area contributed by atoms with Crippen LogP contribution in [0.3, 0.4) is 0 Å². The summed E-state index contributed by atoms with van der Waals surface area (Å²) < 4.78 is 5.64. The summed E-state index contributed by atoms with van der Waals surface area (Å²) in [6.07, 6.45) is 0.299. The average molecular weight is 256 g/mol. The van der Waals surface area contributed by atoms with Crippen LogP contribution in [0, 0.1) is 6.92 Å². The summed E-state index contributed by atoms with van der Waals surface area (Å²) in [5, 5.41) is 9.79. The molecule has 2 unspecified atom stereocenters. The monoisotopic (exact) mass is 256 g/mol. The van der Waals surface area contributed by atoms with Crippen molar-refractivity contribution in [3.8, 4) is 0 Å². The fourth-order valence-electron chi connectivity index (χ4n) is 2.05. The second-order valence-corrected chi connectivity index (χ2v) is 5.36. The number of anilines is 1. The zero-order valence-corrected chi connectivity index (χ0v) is 11.0. The number of carboxylic acids is 1. The van der Waals surface area contributed by atoms with Crippen LogP contribution in [-0.4, -0.2) is 41.4 Å². The van der Waals surface area contributed by atoms with E-state index in [-0.39, 0.29) is 12.2 Å². The van der Waals surface area contributed by atoms with E-state index in [1.807, 2.05) is 13.8 Å². The lowest BCUT2D eigenvalue weighted by molar-refractivity contribution is -0.00523. The van der Waals surface area contributed by atoms with Gasteiger partial charge in [0.25, 0.3) is 0 Å². The molecular formula is C11H16N2O3S. The van der Waals surface area contributed by atoms with Gasteiger partial charge in [0.05, 0.1) is 17.9 Å². The quantitative estimate of drug-likeness (QED) is 0.873. The smallest absolute Gasteiger partial charge is 0.347 e. The van der Waals surface area contributed by atoms with E-state index in [0.29, 0.717) is 10.6 Å². The molecule has 2 atom stereocenters. The number of hydrogen-bond donors (Lipinski definition) is 1. The number of thiazole rings is 1. The second kappa shape index (κ2) is 4.62. The number of morpholine rings is 1.